The van der Waals surface area contributed by atoms with Crippen LogP contribution >= 0.6 is 31.9 Å². The molecule has 10 heteroatoms. The molecule has 0 radical (unpaired) electrons. The lowest BCUT2D eigenvalue weighted by Crippen LogP contribution is -2.15. The van der Waals surface area contributed by atoms with Crippen LogP contribution in [0.1, 0.15) is 36.8 Å². The van der Waals surface area contributed by atoms with E-state index in [0.29, 0.717) is 20.4 Å². The van der Waals surface area contributed by atoms with Crippen molar-refractivity contribution in [1.29, 1.82) is 0 Å². The summed E-state index contributed by atoms with van der Waals surface area (Å²) < 4.78 is 8.00. The van der Waals surface area contributed by atoms with Gasteiger partial charge >= 0.3 is 0 Å². The second kappa shape index (κ2) is 9.19. The van der Waals surface area contributed by atoms with Crippen molar-refractivity contribution in [2.24, 2.45) is 0 Å². The third-order valence-corrected chi connectivity index (χ3v) is 5.68. The molecule has 2 aromatic carbocycles. The monoisotopic (exact) mass is 550 g/mol. The van der Waals surface area contributed by atoms with Gasteiger partial charge in [0.1, 0.15) is 5.75 Å². The summed E-state index contributed by atoms with van der Waals surface area (Å²) in [5, 5.41) is 17.9. The molecule has 3 aromatic rings. The summed E-state index contributed by atoms with van der Waals surface area (Å²) in [5.74, 6) is 0.247. The van der Waals surface area contributed by atoms with Gasteiger partial charge in [-0.1, -0.05) is 32.9 Å². The van der Waals surface area contributed by atoms with E-state index in [1.54, 1.807) is 12.3 Å². The van der Waals surface area contributed by atoms with Gasteiger partial charge in [0.05, 0.1) is 10.6 Å². The summed E-state index contributed by atoms with van der Waals surface area (Å²) in [4.78, 5) is 23.0. The Bertz CT molecular complexity index is 1100. The highest BCUT2D eigenvalue weighted by Crippen LogP contribution is 2.35. The molecule has 162 valence electrons. The zero-order valence-corrected chi connectivity index (χ0v) is 20.2. The minimum absolute atomic E-state index is 0.0659. The van der Waals surface area contributed by atoms with Crippen LogP contribution in [-0.4, -0.2) is 20.6 Å². The predicted molar refractivity (Wildman–Crippen MR) is 124 cm³/mol. The summed E-state index contributed by atoms with van der Waals surface area (Å²) in [6.07, 6.45) is 1.64. The zero-order chi connectivity index (χ0) is 22.8. The van der Waals surface area contributed by atoms with Crippen LogP contribution in [-0.2, 0) is 12.1 Å². The van der Waals surface area contributed by atoms with Crippen LogP contribution in [0.5, 0.6) is 5.75 Å². The number of benzene rings is 2. The van der Waals surface area contributed by atoms with E-state index in [-0.39, 0.29) is 23.5 Å². The molecule has 1 heterocycles. The zero-order valence-electron chi connectivity index (χ0n) is 17.1. The molecule has 31 heavy (non-hydrogen) atoms. The standard InChI is InChI=1S/C21H20Br2N4O4/c1-21(2,3)13-4-6-15(7-5-13)31-12-26-9-8-18(25-26)20(28)24-19-16(22)10-14(27(29)30)11-17(19)23/h4-11H,12H2,1-3H3,(H,24,28). The maximum atomic E-state index is 12.6. The number of halogens is 2. The fourth-order valence-corrected chi connectivity index (χ4v) is 4.07. The Morgan fingerprint density at radius 3 is 2.32 bits per heavy atom. The number of carbonyl (C=O) groups is 1. The van der Waals surface area contributed by atoms with Crippen molar-refractivity contribution in [2.75, 3.05) is 5.32 Å². The van der Waals surface area contributed by atoms with Gasteiger partial charge in [-0.05, 0) is 61.0 Å². The van der Waals surface area contributed by atoms with Gasteiger partial charge in [0.2, 0.25) is 0 Å². The fraction of sp³-hybridized carbons (Fsp3) is 0.238. The van der Waals surface area contributed by atoms with Crippen LogP contribution in [0.4, 0.5) is 11.4 Å². The Labute approximate surface area is 196 Å². The van der Waals surface area contributed by atoms with Crippen molar-refractivity contribution in [2.45, 2.75) is 32.9 Å². The number of anilines is 1. The molecule has 1 amide bonds. The summed E-state index contributed by atoms with van der Waals surface area (Å²) in [6.45, 7) is 6.58. The number of rotatable bonds is 6. The van der Waals surface area contributed by atoms with E-state index in [4.69, 9.17) is 4.74 Å². The Morgan fingerprint density at radius 1 is 1.16 bits per heavy atom. The van der Waals surface area contributed by atoms with Gasteiger partial charge < -0.3 is 10.1 Å². The molecular formula is C21H20Br2N4O4. The van der Waals surface area contributed by atoms with Crippen molar-refractivity contribution in [3.8, 4) is 5.75 Å². The summed E-state index contributed by atoms with van der Waals surface area (Å²) in [7, 11) is 0. The highest BCUT2D eigenvalue weighted by Gasteiger charge is 2.18. The van der Waals surface area contributed by atoms with Crippen LogP contribution in [0.3, 0.4) is 0 Å². The van der Waals surface area contributed by atoms with Crippen molar-refractivity contribution in [1.82, 2.24) is 9.78 Å². The van der Waals surface area contributed by atoms with Gasteiger partial charge in [-0.25, -0.2) is 4.68 Å². The van der Waals surface area contributed by atoms with Gasteiger partial charge in [-0.2, -0.15) is 5.10 Å². The number of non-ortho nitro benzene ring substituents is 1. The average molecular weight is 552 g/mol. The Balaban J connectivity index is 1.64. The van der Waals surface area contributed by atoms with Gasteiger partial charge in [0.25, 0.3) is 11.6 Å². The van der Waals surface area contributed by atoms with E-state index >= 15 is 0 Å². The molecule has 0 fully saturated rings. The first-order chi connectivity index (χ1) is 14.5. The molecule has 1 aromatic heterocycles. The molecule has 0 saturated heterocycles. The highest BCUT2D eigenvalue weighted by molar-refractivity contribution is 9.11. The van der Waals surface area contributed by atoms with E-state index < -0.39 is 10.8 Å². The highest BCUT2D eigenvalue weighted by atomic mass is 79.9. The van der Waals surface area contributed by atoms with Crippen LogP contribution in [0.15, 0.2) is 57.6 Å². The lowest BCUT2D eigenvalue weighted by molar-refractivity contribution is -0.385. The largest absolute Gasteiger partial charge is 0.471 e. The molecule has 0 saturated carbocycles. The number of hydrogen-bond acceptors (Lipinski definition) is 5. The fourth-order valence-electron chi connectivity index (χ4n) is 2.71. The molecule has 0 bridgehead atoms. The minimum Gasteiger partial charge on any atom is -0.471 e. The average Bonchev–Trinajstić information content (AvgIpc) is 3.17. The van der Waals surface area contributed by atoms with Crippen molar-refractivity contribution in [3.63, 3.8) is 0 Å². The number of carbonyl (C=O) groups excluding carboxylic acids is 1. The van der Waals surface area contributed by atoms with Crippen molar-refractivity contribution < 1.29 is 14.5 Å². The Morgan fingerprint density at radius 2 is 1.77 bits per heavy atom. The molecule has 0 aliphatic heterocycles. The first kappa shape index (κ1) is 23.0. The number of nitro benzene ring substituents is 1. The van der Waals surface area contributed by atoms with Gasteiger partial charge in [-0.3, -0.25) is 14.9 Å². The minimum atomic E-state index is -0.514. The first-order valence-electron chi connectivity index (χ1n) is 9.26. The van der Waals surface area contributed by atoms with Crippen LogP contribution < -0.4 is 10.1 Å². The number of hydrogen-bond donors (Lipinski definition) is 1. The second-order valence-corrected chi connectivity index (χ2v) is 9.49. The van der Waals surface area contributed by atoms with Crippen molar-refractivity contribution >= 4 is 49.1 Å². The maximum Gasteiger partial charge on any atom is 0.276 e. The molecule has 1 N–H and O–H groups in total. The smallest absolute Gasteiger partial charge is 0.276 e. The number of ether oxygens (including phenoxy) is 1. The first-order valence-corrected chi connectivity index (χ1v) is 10.8. The topological polar surface area (TPSA) is 99.3 Å². The lowest BCUT2D eigenvalue weighted by atomic mass is 9.87. The van der Waals surface area contributed by atoms with Crippen molar-refractivity contribution in [3.05, 3.63) is 79.0 Å². The molecule has 8 nitrogen and oxygen atoms in total. The quantitative estimate of drug-likeness (QED) is 0.303. The molecule has 0 aliphatic carbocycles. The molecule has 0 atom stereocenters. The number of nitrogens with zero attached hydrogens (tertiary/aromatic N) is 3. The van der Waals surface area contributed by atoms with E-state index in [0.717, 1.165) is 0 Å². The van der Waals surface area contributed by atoms with Gasteiger partial charge in [-0.15, -0.1) is 0 Å². The molecule has 0 spiro atoms. The second-order valence-electron chi connectivity index (χ2n) is 7.78. The van der Waals surface area contributed by atoms with Gasteiger partial charge in [0.15, 0.2) is 12.4 Å². The number of aromatic nitrogens is 2. The summed E-state index contributed by atoms with van der Waals surface area (Å²) >= 11 is 6.49. The molecule has 0 aliphatic rings. The van der Waals surface area contributed by atoms with Crippen LogP contribution in [0.2, 0.25) is 0 Å². The summed E-state index contributed by atoms with van der Waals surface area (Å²) in [5.41, 5.74) is 1.73. The number of nitro groups is 1. The van der Waals surface area contributed by atoms with E-state index in [1.165, 1.54) is 22.4 Å². The SMILES string of the molecule is CC(C)(C)c1ccc(OCn2ccc(C(=O)Nc3c(Br)cc([N+](=O)[O-])cc3Br)n2)cc1. The van der Waals surface area contributed by atoms with Crippen LogP contribution in [0.25, 0.3) is 0 Å². The third-order valence-electron chi connectivity index (χ3n) is 4.43. The summed E-state index contributed by atoms with van der Waals surface area (Å²) in [6, 6.07) is 12.1. The Kier molecular flexibility index (Phi) is 6.80. The van der Waals surface area contributed by atoms with E-state index in [9.17, 15) is 14.9 Å². The molecular weight excluding hydrogens is 532 g/mol. The molecule has 3 rings (SSSR count). The molecule has 0 unspecified atom stereocenters. The normalized spacial score (nSPS) is 11.3. The van der Waals surface area contributed by atoms with Gasteiger partial charge in [0, 0.05) is 27.3 Å². The third kappa shape index (κ3) is 5.71. The number of nitrogens with one attached hydrogen (secondary N) is 1. The Hall–Kier alpha value is -2.72. The van der Waals surface area contributed by atoms with Crippen LogP contribution in [0, 0.1) is 10.1 Å². The maximum absolute atomic E-state index is 12.6. The van der Waals surface area contributed by atoms with E-state index in [2.05, 4.69) is 63.0 Å². The van der Waals surface area contributed by atoms with E-state index in [1.807, 2.05) is 24.3 Å². The number of amides is 1. The lowest BCUT2D eigenvalue weighted by Gasteiger charge is -2.19. The predicted octanol–water partition coefficient (Wildman–Crippen LogP) is 5.90.